The maximum atomic E-state index is 11.8. The maximum Gasteiger partial charge on any atom is 0.251 e. The zero-order valence-electron chi connectivity index (χ0n) is 10.2. The van der Waals surface area contributed by atoms with E-state index in [4.69, 9.17) is 0 Å². The lowest BCUT2D eigenvalue weighted by molar-refractivity contribution is -0.120. The van der Waals surface area contributed by atoms with Crippen LogP contribution in [-0.2, 0) is 4.79 Å². The molecule has 0 saturated carbocycles. The molecule has 0 unspecified atom stereocenters. The quantitative estimate of drug-likeness (QED) is 0.929. The Morgan fingerprint density at radius 1 is 1.35 bits per heavy atom. The number of amides is 1. The Balaban J connectivity index is 2.64. The van der Waals surface area contributed by atoms with Crippen LogP contribution in [0.15, 0.2) is 22.7 Å². The Kier molecular flexibility index (Phi) is 4.87. The number of halogens is 1. The normalized spacial score (nSPS) is 10.4. The van der Waals surface area contributed by atoms with Gasteiger partial charge in [0.2, 0.25) is 0 Å². The van der Waals surface area contributed by atoms with E-state index in [2.05, 4.69) is 21.2 Å². The fourth-order valence-electron chi connectivity index (χ4n) is 1.21. The zero-order valence-corrected chi connectivity index (χ0v) is 11.8. The van der Waals surface area contributed by atoms with Gasteiger partial charge >= 0.3 is 0 Å². The highest BCUT2D eigenvalue weighted by Crippen LogP contribution is 2.17. The molecule has 0 bridgehead atoms. The highest BCUT2D eigenvalue weighted by Gasteiger charge is 2.11. The topological polar surface area (TPSA) is 46.2 Å². The van der Waals surface area contributed by atoms with Gasteiger partial charge in [0, 0.05) is 16.0 Å². The first kappa shape index (κ1) is 13.9. The van der Waals surface area contributed by atoms with Gasteiger partial charge in [-0.25, -0.2) is 0 Å². The molecule has 0 radical (unpaired) electrons. The van der Waals surface area contributed by atoms with E-state index in [1.807, 2.05) is 26.8 Å². The van der Waals surface area contributed by atoms with Crippen molar-refractivity contribution in [1.29, 1.82) is 0 Å². The van der Waals surface area contributed by atoms with Gasteiger partial charge in [-0.2, -0.15) is 0 Å². The molecule has 1 aromatic rings. The molecule has 4 heteroatoms. The summed E-state index contributed by atoms with van der Waals surface area (Å²) in [5.74, 6) is -0.246. The lowest BCUT2D eigenvalue weighted by Gasteiger charge is -2.07. The SMILES string of the molecule is Cc1ccc(C(=O)NCC(=O)C(C)C)cc1Br. The van der Waals surface area contributed by atoms with Crippen LogP contribution >= 0.6 is 15.9 Å². The molecule has 17 heavy (non-hydrogen) atoms. The van der Waals surface area contributed by atoms with Gasteiger partial charge in [0.15, 0.2) is 5.78 Å². The Morgan fingerprint density at radius 2 is 2.00 bits per heavy atom. The second kappa shape index (κ2) is 5.96. The second-order valence-electron chi connectivity index (χ2n) is 4.27. The van der Waals surface area contributed by atoms with E-state index < -0.39 is 0 Å². The molecule has 0 aromatic heterocycles. The third-order valence-corrected chi connectivity index (χ3v) is 3.36. The summed E-state index contributed by atoms with van der Waals surface area (Å²) in [4.78, 5) is 23.1. The zero-order chi connectivity index (χ0) is 13.0. The second-order valence-corrected chi connectivity index (χ2v) is 5.12. The van der Waals surface area contributed by atoms with Crippen molar-refractivity contribution >= 4 is 27.6 Å². The molecule has 0 aliphatic rings. The Hall–Kier alpha value is -1.16. The number of hydrogen-bond donors (Lipinski definition) is 1. The van der Waals surface area contributed by atoms with Crippen molar-refractivity contribution in [3.63, 3.8) is 0 Å². The van der Waals surface area contributed by atoms with E-state index >= 15 is 0 Å². The number of benzene rings is 1. The number of nitrogens with one attached hydrogen (secondary N) is 1. The number of ketones is 1. The Morgan fingerprint density at radius 3 is 2.53 bits per heavy atom. The molecule has 0 heterocycles. The van der Waals surface area contributed by atoms with Crippen LogP contribution in [0.3, 0.4) is 0 Å². The third kappa shape index (κ3) is 3.97. The van der Waals surface area contributed by atoms with Crippen molar-refractivity contribution in [2.45, 2.75) is 20.8 Å². The highest BCUT2D eigenvalue weighted by molar-refractivity contribution is 9.10. The standard InChI is InChI=1S/C13H16BrNO2/c1-8(2)12(16)7-15-13(17)10-5-4-9(3)11(14)6-10/h4-6,8H,7H2,1-3H3,(H,15,17). The summed E-state index contributed by atoms with van der Waals surface area (Å²) in [6.07, 6.45) is 0. The fourth-order valence-corrected chi connectivity index (χ4v) is 1.59. The lowest BCUT2D eigenvalue weighted by Crippen LogP contribution is -2.31. The molecule has 0 aliphatic carbocycles. The fraction of sp³-hybridized carbons (Fsp3) is 0.385. The molecule has 1 amide bonds. The molecule has 3 nitrogen and oxygen atoms in total. The lowest BCUT2D eigenvalue weighted by atomic mass is 10.1. The van der Waals surface area contributed by atoms with Gasteiger partial charge in [-0.3, -0.25) is 9.59 Å². The van der Waals surface area contributed by atoms with Crippen LogP contribution in [-0.4, -0.2) is 18.2 Å². The van der Waals surface area contributed by atoms with Gasteiger partial charge in [0.1, 0.15) is 0 Å². The average molecular weight is 298 g/mol. The molecular weight excluding hydrogens is 282 g/mol. The summed E-state index contributed by atoms with van der Waals surface area (Å²) in [5, 5.41) is 2.62. The van der Waals surface area contributed by atoms with E-state index in [9.17, 15) is 9.59 Å². The highest BCUT2D eigenvalue weighted by atomic mass is 79.9. The van der Waals surface area contributed by atoms with Crippen LogP contribution < -0.4 is 5.32 Å². The van der Waals surface area contributed by atoms with E-state index in [1.54, 1.807) is 12.1 Å². The van der Waals surface area contributed by atoms with Gasteiger partial charge < -0.3 is 5.32 Å². The van der Waals surface area contributed by atoms with Crippen LogP contribution in [0.1, 0.15) is 29.8 Å². The largest absolute Gasteiger partial charge is 0.345 e. The van der Waals surface area contributed by atoms with Gasteiger partial charge in [0.05, 0.1) is 6.54 Å². The minimum atomic E-state index is -0.222. The predicted molar refractivity (Wildman–Crippen MR) is 71.1 cm³/mol. The molecular formula is C13H16BrNO2. The molecule has 92 valence electrons. The molecule has 0 aliphatic heterocycles. The van der Waals surface area contributed by atoms with E-state index in [0.29, 0.717) is 5.56 Å². The van der Waals surface area contributed by atoms with Crippen LogP contribution in [0.2, 0.25) is 0 Å². The van der Waals surface area contributed by atoms with Gasteiger partial charge in [0.25, 0.3) is 5.91 Å². The molecule has 0 fully saturated rings. The van der Waals surface area contributed by atoms with Crippen LogP contribution in [0.5, 0.6) is 0 Å². The van der Waals surface area contributed by atoms with E-state index in [-0.39, 0.29) is 24.2 Å². The number of aryl methyl sites for hydroxylation is 1. The number of carbonyl (C=O) groups is 2. The number of hydrogen-bond acceptors (Lipinski definition) is 2. The molecule has 1 aromatic carbocycles. The van der Waals surface area contributed by atoms with Crippen molar-refractivity contribution in [3.8, 4) is 0 Å². The van der Waals surface area contributed by atoms with Crippen molar-refractivity contribution in [3.05, 3.63) is 33.8 Å². The minimum absolute atomic E-state index is 0.0320. The summed E-state index contributed by atoms with van der Waals surface area (Å²) >= 11 is 3.37. The molecule has 0 atom stereocenters. The van der Waals surface area contributed by atoms with Crippen LogP contribution in [0, 0.1) is 12.8 Å². The first-order valence-corrected chi connectivity index (χ1v) is 6.28. The molecule has 0 spiro atoms. The number of Topliss-reactive ketones (excluding diaryl/α,β-unsaturated/α-hetero) is 1. The van der Waals surface area contributed by atoms with Crippen LogP contribution in [0.4, 0.5) is 0 Å². The first-order chi connectivity index (χ1) is 7.91. The molecule has 0 saturated heterocycles. The maximum absolute atomic E-state index is 11.8. The third-order valence-electron chi connectivity index (χ3n) is 2.50. The van der Waals surface area contributed by atoms with Gasteiger partial charge in [-0.15, -0.1) is 0 Å². The summed E-state index contributed by atoms with van der Waals surface area (Å²) in [6, 6.07) is 5.36. The molecule has 1 rings (SSSR count). The number of carbonyl (C=O) groups excluding carboxylic acids is 2. The van der Waals surface area contributed by atoms with Crippen LogP contribution in [0.25, 0.3) is 0 Å². The summed E-state index contributed by atoms with van der Waals surface area (Å²) in [7, 11) is 0. The summed E-state index contributed by atoms with van der Waals surface area (Å²) < 4.78 is 0.889. The van der Waals surface area contributed by atoms with Gasteiger partial charge in [-0.05, 0) is 24.6 Å². The molecule has 1 N–H and O–H groups in total. The average Bonchev–Trinajstić information content (AvgIpc) is 2.28. The minimum Gasteiger partial charge on any atom is -0.345 e. The Bertz CT molecular complexity index is 441. The van der Waals surface area contributed by atoms with Crippen molar-refractivity contribution in [2.75, 3.05) is 6.54 Å². The van der Waals surface area contributed by atoms with Crippen molar-refractivity contribution < 1.29 is 9.59 Å². The summed E-state index contributed by atoms with van der Waals surface area (Å²) in [6.45, 7) is 5.67. The smallest absolute Gasteiger partial charge is 0.251 e. The first-order valence-electron chi connectivity index (χ1n) is 5.49. The van der Waals surface area contributed by atoms with E-state index in [0.717, 1.165) is 10.0 Å². The monoisotopic (exact) mass is 297 g/mol. The van der Waals surface area contributed by atoms with Gasteiger partial charge in [-0.1, -0.05) is 35.8 Å². The number of rotatable bonds is 4. The predicted octanol–water partition coefficient (Wildman–Crippen LogP) is 2.71. The van der Waals surface area contributed by atoms with E-state index in [1.165, 1.54) is 0 Å². The summed E-state index contributed by atoms with van der Waals surface area (Å²) in [5.41, 5.74) is 1.62. The Labute approximate surface area is 110 Å². The van der Waals surface area contributed by atoms with Crippen molar-refractivity contribution in [1.82, 2.24) is 5.32 Å². The van der Waals surface area contributed by atoms with Crippen molar-refractivity contribution in [2.24, 2.45) is 5.92 Å².